The number of benzene rings is 2. The highest BCUT2D eigenvalue weighted by Gasteiger charge is 2.21. The van der Waals surface area contributed by atoms with Gasteiger partial charge in [0, 0.05) is 28.8 Å². The lowest BCUT2D eigenvalue weighted by Gasteiger charge is -2.14. The Morgan fingerprint density at radius 1 is 1.07 bits per heavy atom. The zero-order chi connectivity index (χ0) is 21.8. The second-order valence-electron chi connectivity index (χ2n) is 6.21. The summed E-state index contributed by atoms with van der Waals surface area (Å²) in [4.78, 5) is 24.7. The van der Waals surface area contributed by atoms with Crippen molar-refractivity contribution in [2.24, 2.45) is 0 Å². The number of hydrogen-bond acceptors (Lipinski definition) is 7. The van der Waals surface area contributed by atoms with Crippen LogP contribution in [0.5, 0.6) is 17.2 Å². The maximum Gasteiger partial charge on any atom is 0.375 e. The number of furan rings is 1. The molecule has 0 aliphatic heterocycles. The maximum atomic E-state index is 12.4. The topological polar surface area (TPSA) is 96.2 Å². The number of fused-ring (bicyclic) bond motifs is 1. The molecular formula is C21H20ClNO7. The lowest BCUT2D eigenvalue weighted by molar-refractivity contribution is -0.119. The van der Waals surface area contributed by atoms with Gasteiger partial charge in [-0.15, -0.1) is 0 Å². The van der Waals surface area contributed by atoms with E-state index in [1.807, 2.05) is 0 Å². The summed E-state index contributed by atoms with van der Waals surface area (Å²) >= 11 is 6.10. The number of carbonyl (C=O) groups excluding carboxylic acids is 2. The van der Waals surface area contributed by atoms with Crippen molar-refractivity contribution in [3.05, 3.63) is 46.7 Å². The summed E-state index contributed by atoms with van der Waals surface area (Å²) in [5.74, 6) is -0.177. The molecule has 0 aliphatic carbocycles. The van der Waals surface area contributed by atoms with E-state index in [1.54, 1.807) is 37.3 Å². The molecule has 9 heteroatoms. The molecule has 1 aromatic heterocycles. The lowest BCUT2D eigenvalue weighted by Crippen LogP contribution is -2.21. The zero-order valence-electron chi connectivity index (χ0n) is 16.8. The Morgan fingerprint density at radius 3 is 2.30 bits per heavy atom. The van der Waals surface area contributed by atoms with E-state index < -0.39 is 18.5 Å². The van der Waals surface area contributed by atoms with Gasteiger partial charge in [-0.1, -0.05) is 23.7 Å². The second-order valence-corrected chi connectivity index (χ2v) is 6.62. The van der Waals surface area contributed by atoms with E-state index in [0.717, 1.165) is 0 Å². The molecule has 0 unspecified atom stereocenters. The molecule has 158 valence electrons. The van der Waals surface area contributed by atoms with Crippen molar-refractivity contribution >= 4 is 40.1 Å². The molecule has 1 heterocycles. The molecule has 0 aliphatic rings. The summed E-state index contributed by atoms with van der Waals surface area (Å²) in [5.41, 5.74) is 1.37. The molecule has 3 aromatic rings. The average Bonchev–Trinajstić information content (AvgIpc) is 3.09. The van der Waals surface area contributed by atoms with E-state index in [9.17, 15) is 9.59 Å². The van der Waals surface area contributed by atoms with Crippen LogP contribution in [0.1, 0.15) is 16.1 Å². The van der Waals surface area contributed by atoms with Crippen LogP contribution in [0, 0.1) is 6.92 Å². The van der Waals surface area contributed by atoms with Gasteiger partial charge in [0.15, 0.2) is 23.7 Å². The Hall–Kier alpha value is -3.39. The average molecular weight is 434 g/mol. The summed E-state index contributed by atoms with van der Waals surface area (Å²) < 4.78 is 26.4. The highest BCUT2D eigenvalue weighted by molar-refractivity contribution is 6.35. The molecule has 30 heavy (non-hydrogen) atoms. The first-order valence-corrected chi connectivity index (χ1v) is 9.22. The van der Waals surface area contributed by atoms with E-state index in [0.29, 0.717) is 44.5 Å². The SMILES string of the molecule is COc1cc(NC(=O)COC(=O)c2oc3c(Cl)cccc3c2C)cc(OC)c1OC. The number of ether oxygens (including phenoxy) is 4. The molecule has 0 spiro atoms. The smallest absolute Gasteiger partial charge is 0.375 e. The monoisotopic (exact) mass is 433 g/mol. The standard InChI is InChI=1S/C21H20ClNO7/c1-11-13-6-5-7-14(22)19(13)30-18(11)21(25)29-10-17(24)23-12-8-15(26-2)20(28-4)16(9-12)27-3/h5-9H,10H2,1-4H3,(H,23,24). The minimum absolute atomic E-state index is 0.00122. The molecule has 0 atom stereocenters. The number of halogens is 1. The molecule has 8 nitrogen and oxygen atoms in total. The number of aryl methyl sites for hydroxylation is 1. The van der Waals surface area contributed by atoms with Crippen LogP contribution in [0.4, 0.5) is 5.69 Å². The van der Waals surface area contributed by atoms with E-state index >= 15 is 0 Å². The predicted octanol–water partition coefficient (Wildman–Crippen LogP) is 4.22. The fourth-order valence-corrected chi connectivity index (χ4v) is 3.16. The number of nitrogens with one attached hydrogen (secondary N) is 1. The number of carbonyl (C=O) groups is 2. The van der Waals surface area contributed by atoms with Crippen molar-refractivity contribution in [3.63, 3.8) is 0 Å². The Bertz CT molecular complexity index is 1080. The maximum absolute atomic E-state index is 12.4. The van der Waals surface area contributed by atoms with Crippen molar-refractivity contribution in [2.75, 3.05) is 33.3 Å². The van der Waals surface area contributed by atoms with Crippen molar-refractivity contribution in [2.45, 2.75) is 6.92 Å². The molecule has 2 aromatic carbocycles. The van der Waals surface area contributed by atoms with Gasteiger partial charge < -0.3 is 28.7 Å². The van der Waals surface area contributed by atoms with Crippen LogP contribution in [0.15, 0.2) is 34.7 Å². The minimum atomic E-state index is -0.764. The number of methoxy groups -OCH3 is 3. The molecular weight excluding hydrogens is 414 g/mol. The van der Waals surface area contributed by atoms with Gasteiger partial charge in [-0.05, 0) is 13.0 Å². The highest BCUT2D eigenvalue weighted by atomic mass is 35.5. The summed E-state index contributed by atoms with van der Waals surface area (Å²) in [6.45, 7) is 1.20. The van der Waals surface area contributed by atoms with E-state index in [1.165, 1.54) is 21.3 Å². The van der Waals surface area contributed by atoms with Gasteiger partial charge in [0.25, 0.3) is 5.91 Å². The molecule has 0 fully saturated rings. The van der Waals surface area contributed by atoms with Gasteiger partial charge in [-0.25, -0.2) is 4.79 Å². The minimum Gasteiger partial charge on any atom is -0.493 e. The Labute approximate surface area is 177 Å². The van der Waals surface area contributed by atoms with Crippen LogP contribution >= 0.6 is 11.6 Å². The van der Waals surface area contributed by atoms with Crippen molar-refractivity contribution in [1.82, 2.24) is 0 Å². The van der Waals surface area contributed by atoms with Gasteiger partial charge in [-0.3, -0.25) is 4.79 Å². The summed E-state index contributed by atoms with van der Waals surface area (Å²) in [6, 6.07) is 8.33. The third-order valence-corrected chi connectivity index (χ3v) is 4.68. The highest BCUT2D eigenvalue weighted by Crippen LogP contribution is 2.40. The first-order chi connectivity index (χ1) is 14.4. The van der Waals surface area contributed by atoms with Crippen LogP contribution < -0.4 is 19.5 Å². The number of esters is 1. The Morgan fingerprint density at radius 2 is 1.73 bits per heavy atom. The van der Waals surface area contributed by atoms with Gasteiger partial charge >= 0.3 is 5.97 Å². The molecule has 0 radical (unpaired) electrons. The van der Waals surface area contributed by atoms with Crippen molar-refractivity contribution in [3.8, 4) is 17.2 Å². The van der Waals surface area contributed by atoms with Crippen molar-refractivity contribution < 1.29 is 33.0 Å². The fourth-order valence-electron chi connectivity index (χ4n) is 2.95. The first kappa shape index (κ1) is 21.3. The normalized spacial score (nSPS) is 10.6. The Balaban J connectivity index is 1.70. The third-order valence-electron chi connectivity index (χ3n) is 4.38. The van der Waals surface area contributed by atoms with Gasteiger partial charge in [0.05, 0.1) is 26.4 Å². The molecule has 0 saturated heterocycles. The molecule has 3 rings (SSSR count). The number of hydrogen-bond donors (Lipinski definition) is 1. The fraction of sp³-hybridized carbons (Fsp3) is 0.238. The molecule has 1 N–H and O–H groups in total. The summed E-state index contributed by atoms with van der Waals surface area (Å²) in [5, 5.41) is 3.71. The third kappa shape index (κ3) is 4.13. The molecule has 0 bridgehead atoms. The number of rotatable bonds is 7. The number of amides is 1. The Kier molecular flexibility index (Phi) is 6.37. The molecule has 0 saturated carbocycles. The summed E-state index contributed by atoms with van der Waals surface area (Å²) in [6.07, 6.45) is 0. The van der Waals surface area contributed by atoms with Gasteiger partial charge in [0.2, 0.25) is 11.5 Å². The van der Waals surface area contributed by atoms with Gasteiger partial charge in [-0.2, -0.15) is 0 Å². The zero-order valence-corrected chi connectivity index (χ0v) is 17.6. The van der Waals surface area contributed by atoms with E-state index in [2.05, 4.69) is 5.32 Å². The number of para-hydroxylation sites is 1. The van der Waals surface area contributed by atoms with Crippen molar-refractivity contribution in [1.29, 1.82) is 0 Å². The first-order valence-electron chi connectivity index (χ1n) is 8.84. The van der Waals surface area contributed by atoms with Crippen LogP contribution in [-0.4, -0.2) is 39.8 Å². The van der Waals surface area contributed by atoms with E-state index in [4.69, 9.17) is 35.0 Å². The summed E-state index contributed by atoms with van der Waals surface area (Å²) in [7, 11) is 4.41. The van der Waals surface area contributed by atoms with Crippen LogP contribution in [-0.2, 0) is 9.53 Å². The largest absolute Gasteiger partial charge is 0.493 e. The van der Waals surface area contributed by atoms with Crippen LogP contribution in [0.3, 0.4) is 0 Å². The molecule has 1 amide bonds. The lowest BCUT2D eigenvalue weighted by atomic mass is 10.1. The predicted molar refractivity (Wildman–Crippen MR) is 111 cm³/mol. The van der Waals surface area contributed by atoms with E-state index in [-0.39, 0.29) is 5.76 Å². The van der Waals surface area contributed by atoms with Crippen LogP contribution in [0.2, 0.25) is 5.02 Å². The quantitative estimate of drug-likeness (QED) is 0.557. The number of anilines is 1. The van der Waals surface area contributed by atoms with Gasteiger partial charge in [0.1, 0.15) is 0 Å². The van der Waals surface area contributed by atoms with Crippen LogP contribution in [0.25, 0.3) is 11.0 Å². The second kappa shape index (κ2) is 8.96.